The molecule has 2 saturated heterocycles. The maximum Gasteiger partial charge on any atom is 0.310 e. The van der Waals surface area contributed by atoms with Crippen LogP contribution in [-0.4, -0.2) is 97.5 Å². The highest BCUT2D eigenvalue weighted by molar-refractivity contribution is 7.20. The van der Waals surface area contributed by atoms with Crippen LogP contribution >= 0.6 is 22.7 Å². The molecule has 6 aromatic rings. The summed E-state index contributed by atoms with van der Waals surface area (Å²) in [6.07, 6.45) is 18.8. The molecule has 0 unspecified atom stereocenters. The normalized spacial score (nSPS) is 28.1. The number of benzene rings is 4. The number of Topliss-reactive ketones (excluding diaryl/α,β-unsaturated/α-hetero) is 2. The summed E-state index contributed by atoms with van der Waals surface area (Å²) in [7, 11) is 0. The standard InChI is InChI=1S/C33H37N3O5S.C27H32N2O5S.C6H7NO.2CH4/c1-22-12-6-3-2-4-7-13-23-19-33(23,31(39)35-41-24-14-8-5-9-15-24)20-28(37)27-18-25(21-36(27)30(22)38)40-32-34-26-16-10-11-17-29(26)42-32;1-17-9-5-3-2-4-6-10-18-14-27(18,25(32)33)15-22(30)21-13-19(16-29(21)24(17)31)34-26-28-20-11-7-8-12-23(20)35-26;7-8-6-4-2-1-3-5-6;;/h5,7-11,13-17,22-23,25,27H,2-4,6,12,18-21H2,1H3,(H,35,39);6-8,10-12,17-19,21H,2-5,9,13-16H2,1H3,(H,32,33);1-5H,7H2;2*1H4/b13-7-;10-6-;;;/t22-,23+,25+,27-,33+;17-,18+,19+,21-,27+;;;/m00.../s1. The van der Waals surface area contributed by atoms with Crippen molar-refractivity contribution in [2.24, 2.45) is 40.4 Å². The zero-order valence-corrected chi connectivity index (χ0v) is 49.9. The molecular formula is C68H84N6O11S2. The minimum absolute atomic E-state index is 0. The van der Waals surface area contributed by atoms with Gasteiger partial charge < -0.3 is 34.1 Å². The van der Waals surface area contributed by atoms with Crippen LogP contribution in [0.4, 0.5) is 0 Å². The largest absolute Gasteiger partial charge is 0.481 e. The van der Waals surface area contributed by atoms with Crippen LogP contribution in [0.2, 0.25) is 0 Å². The number of hydrogen-bond acceptors (Lipinski definition) is 15. The van der Waals surface area contributed by atoms with Gasteiger partial charge in [0, 0.05) is 37.5 Å². The van der Waals surface area contributed by atoms with Crippen molar-refractivity contribution in [3.63, 3.8) is 0 Å². The number of carbonyl (C=O) groups is 6. The Kier molecular flexibility index (Phi) is 22.5. The van der Waals surface area contributed by atoms with Crippen molar-refractivity contribution in [1.29, 1.82) is 0 Å². The number of para-hydroxylation sites is 4. The Hall–Kier alpha value is -7.48. The number of fused-ring (bicyclic) bond motifs is 6. The molecule has 10 atom stereocenters. The average Bonchev–Trinajstić information content (AvgIpc) is 1.70. The Bertz CT molecular complexity index is 3310. The van der Waals surface area contributed by atoms with Crippen molar-refractivity contribution in [1.82, 2.24) is 25.2 Å². The van der Waals surface area contributed by atoms with Gasteiger partial charge in [0.25, 0.3) is 16.3 Å². The van der Waals surface area contributed by atoms with Gasteiger partial charge >= 0.3 is 5.97 Å². The third-order valence-electron chi connectivity index (χ3n) is 17.5. The second-order valence-corrected chi connectivity index (χ2v) is 25.6. The van der Waals surface area contributed by atoms with Gasteiger partial charge in [-0.2, -0.15) is 11.4 Å². The summed E-state index contributed by atoms with van der Waals surface area (Å²) in [5.41, 5.74) is 2.40. The highest BCUT2D eigenvalue weighted by Gasteiger charge is 2.62. The van der Waals surface area contributed by atoms with Crippen LogP contribution in [-0.2, 0) is 28.8 Å². The molecule has 0 bridgehead atoms. The third kappa shape index (κ3) is 16.0. The molecule has 17 nitrogen and oxygen atoms in total. The number of nitrogens with two attached hydrogens (primary N) is 1. The van der Waals surface area contributed by atoms with E-state index >= 15 is 0 Å². The fourth-order valence-corrected chi connectivity index (χ4v) is 14.1. The Morgan fingerprint density at radius 1 is 0.598 bits per heavy atom. The summed E-state index contributed by atoms with van der Waals surface area (Å²) in [6.45, 7) is 4.53. The molecule has 6 aliphatic rings. The summed E-state index contributed by atoms with van der Waals surface area (Å²) in [5, 5.41) is 11.0. The van der Waals surface area contributed by atoms with Crippen LogP contribution in [0.5, 0.6) is 21.9 Å². The fraction of sp³-hybridized carbons (Fsp3) is 0.471. The van der Waals surface area contributed by atoms with E-state index in [1.54, 1.807) is 34.1 Å². The number of hydroxylamine groups is 1. The van der Waals surface area contributed by atoms with E-state index in [-0.39, 0.29) is 92.9 Å². The van der Waals surface area contributed by atoms with E-state index in [1.807, 2.05) is 105 Å². The second kappa shape index (κ2) is 29.9. The second-order valence-electron chi connectivity index (χ2n) is 23.6. The van der Waals surface area contributed by atoms with Crippen LogP contribution in [0.15, 0.2) is 133 Å². The number of carboxylic acids is 1. The van der Waals surface area contributed by atoms with Gasteiger partial charge in [0.05, 0.1) is 56.4 Å². The van der Waals surface area contributed by atoms with Crippen LogP contribution in [0.3, 0.4) is 0 Å². The molecule has 19 heteroatoms. The van der Waals surface area contributed by atoms with Crippen LogP contribution in [0, 0.1) is 34.5 Å². The lowest BCUT2D eigenvalue weighted by Crippen LogP contribution is -2.45. The maximum absolute atomic E-state index is 14.0. The summed E-state index contributed by atoms with van der Waals surface area (Å²) < 4.78 is 14.5. The van der Waals surface area contributed by atoms with Gasteiger partial charge in [0.1, 0.15) is 18.0 Å². The van der Waals surface area contributed by atoms with E-state index in [9.17, 15) is 33.9 Å². The first-order chi connectivity index (χ1) is 41.2. The number of aliphatic carboxylic acids is 1. The smallest absolute Gasteiger partial charge is 0.310 e. The Labute approximate surface area is 518 Å². The minimum Gasteiger partial charge on any atom is -0.481 e. The van der Waals surface area contributed by atoms with E-state index in [4.69, 9.17) is 20.2 Å². The first-order valence-corrected chi connectivity index (χ1v) is 31.6. The van der Waals surface area contributed by atoms with Gasteiger partial charge in [0.2, 0.25) is 11.8 Å². The van der Waals surface area contributed by atoms with Crippen molar-refractivity contribution in [3.8, 4) is 21.9 Å². The number of allylic oxidation sites excluding steroid dienone is 4. The van der Waals surface area contributed by atoms with Gasteiger partial charge in [-0.1, -0.05) is 162 Å². The molecule has 12 rings (SSSR count). The first-order valence-electron chi connectivity index (χ1n) is 29.9. The SMILES string of the molecule is C.C.C[C@H]1CCCCC/C=C\[C@@H]2C[C@@]2(C(=O)NOc2ccccc2)CC(=O)[C@@H]2C[C@@H](Oc3nc4ccccc4s3)CN2C1=O.C[C@H]1CCCCC/C=C\[C@@H]2C[C@@]2(C(=O)O)CC(=O)[C@@H]2C[C@@H](Oc3nc4ccccc4s3)CN2C1=O.NOc1ccccc1. The molecule has 4 fully saturated rings. The van der Waals surface area contributed by atoms with Crippen molar-refractivity contribution >= 4 is 78.4 Å². The molecule has 0 spiro atoms. The topological polar surface area (TPSA) is 230 Å². The number of nitrogens with zero attached hydrogens (tertiary/aromatic N) is 4. The van der Waals surface area contributed by atoms with Crippen molar-refractivity contribution in [2.75, 3.05) is 13.1 Å². The van der Waals surface area contributed by atoms with E-state index in [0.29, 0.717) is 60.7 Å². The number of aromatic nitrogens is 2. The highest BCUT2D eigenvalue weighted by Crippen LogP contribution is 2.58. The molecule has 0 radical (unpaired) electrons. The van der Waals surface area contributed by atoms with Crippen LogP contribution < -0.4 is 30.5 Å². The number of ether oxygens (including phenoxy) is 2. The van der Waals surface area contributed by atoms with E-state index < -0.39 is 28.9 Å². The number of amides is 3. The summed E-state index contributed by atoms with van der Waals surface area (Å²) in [6, 6.07) is 32.6. The molecule has 464 valence electrons. The molecular weight excluding hydrogens is 1140 g/mol. The average molecular weight is 1230 g/mol. The molecule has 3 amide bonds. The van der Waals surface area contributed by atoms with E-state index in [1.165, 1.54) is 22.7 Å². The number of hydrogen-bond donors (Lipinski definition) is 3. The Balaban J connectivity index is 0.000000198. The summed E-state index contributed by atoms with van der Waals surface area (Å²) >= 11 is 2.91. The quantitative estimate of drug-likeness (QED) is 0.0903. The number of nitrogens with one attached hydrogen (secondary N) is 1. The maximum atomic E-state index is 14.0. The molecule has 4 aliphatic heterocycles. The van der Waals surface area contributed by atoms with Gasteiger partial charge in [0.15, 0.2) is 17.3 Å². The first kappa shape index (κ1) is 65.5. The van der Waals surface area contributed by atoms with Crippen molar-refractivity contribution in [2.45, 2.75) is 156 Å². The predicted molar refractivity (Wildman–Crippen MR) is 339 cm³/mol. The Morgan fingerprint density at radius 2 is 1.03 bits per heavy atom. The molecule has 2 aliphatic carbocycles. The number of thiazole rings is 2. The number of rotatable bonds is 9. The van der Waals surface area contributed by atoms with Gasteiger partial charge in [-0.05, 0) is 112 Å². The Morgan fingerprint density at radius 3 is 1.49 bits per heavy atom. The predicted octanol–water partition coefficient (Wildman–Crippen LogP) is 12.9. The summed E-state index contributed by atoms with van der Waals surface area (Å²) in [4.78, 5) is 103. The molecule has 6 heterocycles. The molecule has 4 N–H and O–H groups in total. The fourth-order valence-electron chi connectivity index (χ4n) is 12.4. The van der Waals surface area contributed by atoms with Gasteiger partial charge in [-0.25, -0.2) is 9.97 Å². The van der Waals surface area contributed by atoms with Gasteiger partial charge in [-0.15, -0.1) is 0 Å². The lowest BCUT2D eigenvalue weighted by atomic mass is 9.91. The van der Waals surface area contributed by atoms with Crippen LogP contribution in [0.1, 0.15) is 131 Å². The number of ketones is 2. The molecule has 2 saturated carbocycles. The lowest BCUT2D eigenvalue weighted by Gasteiger charge is -2.27. The number of carbonyl (C=O) groups excluding carboxylic acids is 5. The molecule has 4 aromatic carbocycles. The van der Waals surface area contributed by atoms with E-state index in [0.717, 1.165) is 84.6 Å². The lowest BCUT2D eigenvalue weighted by molar-refractivity contribution is -0.147. The number of carboxylic acid groups (broad SMARTS) is 1. The summed E-state index contributed by atoms with van der Waals surface area (Å²) in [5.74, 6) is 3.96. The monoisotopic (exact) mass is 1220 g/mol. The zero-order valence-electron chi connectivity index (χ0n) is 48.3. The third-order valence-corrected chi connectivity index (χ3v) is 19.4. The molecule has 2 aromatic heterocycles. The van der Waals surface area contributed by atoms with Gasteiger partial charge in [-0.3, -0.25) is 28.8 Å². The van der Waals surface area contributed by atoms with Crippen molar-refractivity contribution in [3.05, 3.63) is 133 Å². The zero-order chi connectivity index (χ0) is 59.5. The minimum atomic E-state index is -1.04. The van der Waals surface area contributed by atoms with Crippen molar-refractivity contribution < 1.29 is 53.0 Å². The molecule has 87 heavy (non-hydrogen) atoms. The van der Waals surface area contributed by atoms with Crippen LogP contribution in [0.25, 0.3) is 20.4 Å². The highest BCUT2D eigenvalue weighted by atomic mass is 32.1. The van der Waals surface area contributed by atoms with E-state index in [2.05, 4.69) is 38.5 Å².